The van der Waals surface area contributed by atoms with Gasteiger partial charge in [0, 0.05) is 18.9 Å². The lowest BCUT2D eigenvalue weighted by molar-refractivity contribution is 0.0933. The summed E-state index contributed by atoms with van der Waals surface area (Å²) in [6, 6.07) is 7.88. The molecule has 1 aliphatic carbocycles. The molecule has 30 heavy (non-hydrogen) atoms. The third kappa shape index (κ3) is 3.22. The largest absolute Gasteiger partial charge is 0.375 e. The van der Waals surface area contributed by atoms with Gasteiger partial charge in [0.05, 0.1) is 11.4 Å². The van der Waals surface area contributed by atoms with Crippen molar-refractivity contribution in [2.45, 2.75) is 32.4 Å². The molecule has 1 aromatic carbocycles. The lowest BCUT2D eigenvalue weighted by atomic mass is 10.0. The number of carbonyl (C=O) groups excluding carboxylic acids is 1. The van der Waals surface area contributed by atoms with Gasteiger partial charge in [0.2, 0.25) is 5.82 Å². The first-order valence-corrected chi connectivity index (χ1v) is 9.68. The van der Waals surface area contributed by atoms with Gasteiger partial charge in [0.25, 0.3) is 11.8 Å². The van der Waals surface area contributed by atoms with Gasteiger partial charge in [0.1, 0.15) is 12.3 Å². The van der Waals surface area contributed by atoms with Gasteiger partial charge in [-0.1, -0.05) is 17.3 Å². The van der Waals surface area contributed by atoms with Crippen molar-refractivity contribution in [3.63, 3.8) is 0 Å². The Bertz CT molecular complexity index is 1240. The molecule has 3 heterocycles. The summed E-state index contributed by atoms with van der Waals surface area (Å²) >= 11 is 0. The van der Waals surface area contributed by atoms with Gasteiger partial charge in [-0.15, -0.1) is 0 Å². The number of fused-ring (bicyclic) bond motifs is 2. The van der Waals surface area contributed by atoms with Crippen molar-refractivity contribution in [2.24, 2.45) is 0 Å². The minimum absolute atomic E-state index is 0.0630. The Morgan fingerprint density at radius 1 is 1.37 bits per heavy atom. The number of aromatic nitrogens is 5. The summed E-state index contributed by atoms with van der Waals surface area (Å²) in [4.78, 5) is 21.5. The van der Waals surface area contributed by atoms with Gasteiger partial charge in [-0.2, -0.15) is 10.1 Å². The van der Waals surface area contributed by atoms with E-state index in [0.717, 1.165) is 34.9 Å². The van der Waals surface area contributed by atoms with Crippen LogP contribution < -0.4 is 5.32 Å². The van der Waals surface area contributed by atoms with E-state index in [-0.39, 0.29) is 18.6 Å². The molecular formula is C21H20N6O3. The zero-order chi connectivity index (χ0) is 20.7. The maximum Gasteiger partial charge on any atom is 0.270 e. The van der Waals surface area contributed by atoms with Crippen LogP contribution in [0.1, 0.15) is 45.5 Å². The van der Waals surface area contributed by atoms with E-state index in [4.69, 9.17) is 9.26 Å². The molecule has 1 amide bonds. The Morgan fingerprint density at radius 2 is 2.27 bits per heavy atom. The fourth-order valence-electron chi connectivity index (χ4n) is 3.87. The van der Waals surface area contributed by atoms with Crippen LogP contribution in [0.15, 0.2) is 35.0 Å². The number of carbonyl (C=O) groups is 1. The number of hydrogen-bond donors (Lipinski definition) is 2. The van der Waals surface area contributed by atoms with Gasteiger partial charge < -0.3 is 14.6 Å². The van der Waals surface area contributed by atoms with E-state index in [1.54, 1.807) is 13.3 Å². The molecule has 0 spiro atoms. The number of aryl methyl sites for hydroxylation is 2. The minimum Gasteiger partial charge on any atom is -0.375 e. The SMILES string of the molecule is COCc1nc(-c2ccc3c(c2)CC[C@H]3NC(=O)c2[nH]nc3ncc(C)cc23)no1. The van der Waals surface area contributed by atoms with Crippen LogP contribution in [0.4, 0.5) is 0 Å². The molecule has 0 unspecified atom stereocenters. The zero-order valence-corrected chi connectivity index (χ0v) is 16.6. The van der Waals surface area contributed by atoms with E-state index in [1.165, 1.54) is 5.56 Å². The minimum atomic E-state index is -0.186. The quantitative estimate of drug-likeness (QED) is 0.525. The predicted octanol–water partition coefficient (Wildman–Crippen LogP) is 2.88. The van der Waals surface area contributed by atoms with E-state index < -0.39 is 0 Å². The first-order chi connectivity index (χ1) is 14.6. The third-order valence-electron chi connectivity index (χ3n) is 5.29. The van der Waals surface area contributed by atoms with Crippen molar-refractivity contribution in [1.29, 1.82) is 0 Å². The van der Waals surface area contributed by atoms with Gasteiger partial charge >= 0.3 is 0 Å². The van der Waals surface area contributed by atoms with E-state index in [2.05, 4.69) is 36.7 Å². The normalized spacial score (nSPS) is 15.5. The van der Waals surface area contributed by atoms with Crippen molar-refractivity contribution in [2.75, 3.05) is 7.11 Å². The molecule has 0 fully saturated rings. The second kappa shape index (κ2) is 7.34. The van der Waals surface area contributed by atoms with E-state index in [0.29, 0.717) is 23.1 Å². The number of rotatable bonds is 5. The summed E-state index contributed by atoms with van der Waals surface area (Å²) in [5.41, 5.74) is 5.10. The molecule has 1 aliphatic rings. The van der Waals surface area contributed by atoms with Crippen LogP contribution in [-0.4, -0.2) is 38.3 Å². The van der Waals surface area contributed by atoms with Crippen LogP contribution in [0.2, 0.25) is 0 Å². The molecule has 0 bridgehead atoms. The maximum absolute atomic E-state index is 12.9. The van der Waals surface area contributed by atoms with Crippen LogP contribution in [-0.2, 0) is 17.8 Å². The van der Waals surface area contributed by atoms with Gasteiger partial charge in [-0.05, 0) is 48.6 Å². The summed E-state index contributed by atoms with van der Waals surface area (Å²) in [6.07, 6.45) is 3.42. The third-order valence-corrected chi connectivity index (χ3v) is 5.29. The number of benzene rings is 1. The summed E-state index contributed by atoms with van der Waals surface area (Å²) in [6.45, 7) is 2.22. The fourth-order valence-corrected chi connectivity index (χ4v) is 3.87. The zero-order valence-electron chi connectivity index (χ0n) is 16.6. The molecular weight excluding hydrogens is 384 g/mol. The second-order valence-corrected chi connectivity index (χ2v) is 7.41. The number of nitrogens with one attached hydrogen (secondary N) is 2. The highest BCUT2D eigenvalue weighted by molar-refractivity contribution is 6.04. The van der Waals surface area contributed by atoms with E-state index in [1.807, 2.05) is 25.1 Å². The number of nitrogens with zero attached hydrogens (tertiary/aromatic N) is 4. The number of hydrogen-bond acceptors (Lipinski definition) is 7. The molecule has 0 saturated carbocycles. The molecule has 2 N–H and O–H groups in total. The summed E-state index contributed by atoms with van der Waals surface area (Å²) in [7, 11) is 1.58. The number of pyridine rings is 1. The summed E-state index contributed by atoms with van der Waals surface area (Å²) < 4.78 is 10.2. The standard InChI is InChI=1S/C21H20N6O3/c1-11-7-15-18(25-26-20(15)22-9-11)21(28)23-16-6-4-12-8-13(3-5-14(12)16)19-24-17(10-29-2)30-27-19/h3,5,7-9,16H,4,6,10H2,1-2H3,(H,23,28)(H,22,25,26)/t16-/m1/s1. The van der Waals surface area contributed by atoms with Crippen LogP contribution in [0, 0.1) is 6.92 Å². The number of aromatic amines is 1. The monoisotopic (exact) mass is 404 g/mol. The lowest BCUT2D eigenvalue weighted by Gasteiger charge is -2.14. The van der Waals surface area contributed by atoms with Crippen LogP contribution in [0.5, 0.6) is 0 Å². The second-order valence-electron chi connectivity index (χ2n) is 7.41. The van der Waals surface area contributed by atoms with Crippen molar-refractivity contribution in [1.82, 2.24) is 30.6 Å². The van der Waals surface area contributed by atoms with E-state index >= 15 is 0 Å². The molecule has 0 aliphatic heterocycles. The van der Waals surface area contributed by atoms with Gasteiger partial charge in [-0.3, -0.25) is 9.89 Å². The molecule has 5 rings (SSSR count). The van der Waals surface area contributed by atoms with Gasteiger partial charge in [0.15, 0.2) is 5.65 Å². The fraction of sp³-hybridized carbons (Fsp3) is 0.286. The van der Waals surface area contributed by atoms with Crippen molar-refractivity contribution >= 4 is 16.9 Å². The highest BCUT2D eigenvalue weighted by atomic mass is 16.5. The Kier molecular flexibility index (Phi) is 4.51. The number of amides is 1. The van der Waals surface area contributed by atoms with Crippen molar-refractivity contribution in [3.05, 3.63) is 58.7 Å². The summed E-state index contributed by atoms with van der Waals surface area (Å²) in [5.74, 6) is 0.785. The average Bonchev–Trinajstić information content (AvgIpc) is 3.46. The first-order valence-electron chi connectivity index (χ1n) is 9.68. The molecule has 9 heteroatoms. The Hall–Kier alpha value is -3.59. The van der Waals surface area contributed by atoms with Gasteiger partial charge in [-0.25, -0.2) is 4.98 Å². The highest BCUT2D eigenvalue weighted by Gasteiger charge is 2.26. The highest BCUT2D eigenvalue weighted by Crippen LogP contribution is 2.34. The first kappa shape index (κ1) is 18.4. The molecule has 4 aromatic rings. The smallest absolute Gasteiger partial charge is 0.270 e. The molecule has 9 nitrogen and oxygen atoms in total. The van der Waals surface area contributed by atoms with Crippen LogP contribution >= 0.6 is 0 Å². The van der Waals surface area contributed by atoms with Crippen LogP contribution in [0.3, 0.4) is 0 Å². The number of H-pyrrole nitrogens is 1. The molecule has 0 radical (unpaired) electrons. The molecule has 0 saturated heterocycles. The van der Waals surface area contributed by atoms with Crippen LogP contribution in [0.25, 0.3) is 22.4 Å². The number of methoxy groups -OCH3 is 1. The van der Waals surface area contributed by atoms with E-state index in [9.17, 15) is 4.79 Å². The summed E-state index contributed by atoms with van der Waals surface area (Å²) in [5, 5.41) is 14.8. The molecule has 3 aromatic heterocycles. The van der Waals surface area contributed by atoms with Crippen molar-refractivity contribution < 1.29 is 14.1 Å². The molecule has 152 valence electrons. The topological polar surface area (TPSA) is 119 Å². The molecule has 1 atom stereocenters. The van der Waals surface area contributed by atoms with Crippen molar-refractivity contribution in [3.8, 4) is 11.4 Å². The maximum atomic E-state index is 12.9. The lowest BCUT2D eigenvalue weighted by Crippen LogP contribution is -2.27. The average molecular weight is 404 g/mol. The Morgan fingerprint density at radius 3 is 3.13 bits per heavy atom. The number of ether oxygens (including phenoxy) is 1. The Labute approximate surface area is 171 Å². The Balaban J connectivity index is 1.36. The predicted molar refractivity (Wildman–Crippen MR) is 108 cm³/mol.